The Hall–Kier alpha value is -3.28. The van der Waals surface area contributed by atoms with Crippen LogP contribution in [0.15, 0.2) is 72.8 Å². The average Bonchev–Trinajstić information content (AvgIpc) is 2.67. The third kappa shape index (κ3) is 4.88. The smallest absolute Gasteiger partial charge is 0.560 e. The van der Waals surface area contributed by atoms with Gasteiger partial charge in [0.1, 0.15) is 0 Å². The van der Waals surface area contributed by atoms with Gasteiger partial charge in [-0.05, 0) is 24.3 Å². The van der Waals surface area contributed by atoms with Gasteiger partial charge in [0, 0.05) is 37.4 Å². The number of pyridine rings is 2. The van der Waals surface area contributed by atoms with Crippen LogP contribution in [-0.4, -0.2) is 32.1 Å². The van der Waals surface area contributed by atoms with Crippen molar-refractivity contribution in [2.24, 2.45) is 0 Å². The first-order chi connectivity index (χ1) is 12.5. The molecule has 2 aromatic heterocycles. The number of nitrogens with zero attached hydrogens (tertiary/aromatic N) is 2. The summed E-state index contributed by atoms with van der Waals surface area (Å²) in [7, 11) is 0. The molecule has 0 amide bonds. The minimum atomic E-state index is -0.745. The molecule has 0 bridgehead atoms. The fourth-order valence-corrected chi connectivity index (χ4v) is 2.38. The second-order valence-corrected chi connectivity index (χ2v) is 5.44. The molecule has 6 nitrogen and oxygen atoms in total. The van der Waals surface area contributed by atoms with Gasteiger partial charge in [0.2, 0.25) is 11.4 Å². The summed E-state index contributed by atoms with van der Waals surface area (Å²) in [5.41, 5.74) is 1.89. The number of hydrogen-bond acceptors (Lipinski definition) is 4. The van der Waals surface area contributed by atoms with E-state index in [0.717, 1.165) is 21.8 Å². The Morgan fingerprint density at radius 3 is 1.33 bits per heavy atom. The first kappa shape index (κ1) is 20.0. The standard InChI is InChI=1S/2C10H7NO2.Cu/c2*12-10(13)9-6-5-7-3-1-2-4-8(7)11-9;/h2*1-6H,(H,12,13);/p+2. The second kappa shape index (κ2) is 8.89. The molecular weight excluding hydrogens is 396 g/mol. The SMILES string of the molecule is O=C([OH2+])c1ccc2ccccc2n1.O=C([OH2+])c1ccc2ccccc2n1.[Cu]. The van der Waals surface area contributed by atoms with Crippen molar-refractivity contribution in [1.29, 1.82) is 0 Å². The molecule has 0 aliphatic heterocycles. The van der Waals surface area contributed by atoms with Crippen molar-refractivity contribution in [2.75, 3.05) is 0 Å². The van der Waals surface area contributed by atoms with Crippen molar-refractivity contribution < 1.29 is 36.9 Å². The van der Waals surface area contributed by atoms with E-state index in [1.54, 1.807) is 24.3 Å². The van der Waals surface area contributed by atoms with Gasteiger partial charge in [-0.15, -0.1) is 0 Å². The van der Waals surface area contributed by atoms with Gasteiger partial charge in [-0.1, -0.05) is 48.5 Å². The molecule has 1 radical (unpaired) electrons. The molecule has 0 atom stereocenters. The predicted molar refractivity (Wildman–Crippen MR) is 99.4 cm³/mol. The fourth-order valence-electron chi connectivity index (χ4n) is 2.38. The Kier molecular flexibility index (Phi) is 6.60. The summed E-state index contributed by atoms with van der Waals surface area (Å²) in [6.45, 7) is 0. The summed E-state index contributed by atoms with van der Waals surface area (Å²) in [6, 6.07) is 21.7. The Morgan fingerprint density at radius 2 is 0.963 bits per heavy atom. The third-order valence-electron chi connectivity index (χ3n) is 3.66. The van der Waals surface area contributed by atoms with Crippen molar-refractivity contribution in [3.8, 4) is 0 Å². The molecule has 2 aromatic carbocycles. The molecule has 0 aliphatic rings. The number of carbonyl (C=O) groups excluding carboxylic acids is 2. The van der Waals surface area contributed by atoms with Crippen LogP contribution in [0.5, 0.6) is 0 Å². The van der Waals surface area contributed by atoms with Gasteiger partial charge in [0.15, 0.2) is 0 Å². The zero-order valence-electron chi connectivity index (χ0n) is 13.9. The molecule has 7 heteroatoms. The molecule has 0 unspecified atom stereocenters. The zero-order valence-corrected chi connectivity index (χ0v) is 14.9. The number of benzene rings is 2. The third-order valence-corrected chi connectivity index (χ3v) is 3.66. The van der Waals surface area contributed by atoms with Gasteiger partial charge in [-0.25, -0.2) is 9.97 Å². The van der Waals surface area contributed by atoms with Gasteiger partial charge in [0.25, 0.3) is 0 Å². The van der Waals surface area contributed by atoms with E-state index in [0.29, 0.717) is 0 Å². The molecular formula is C20H16CuN2O4+2. The number of hydrogen-bond donors (Lipinski definition) is 0. The monoisotopic (exact) mass is 411 g/mol. The van der Waals surface area contributed by atoms with Gasteiger partial charge < -0.3 is 10.2 Å². The minimum absolute atomic E-state index is 0. The summed E-state index contributed by atoms with van der Waals surface area (Å²) in [5.74, 6) is -1.49. The molecule has 27 heavy (non-hydrogen) atoms. The Bertz CT molecular complexity index is 1030. The van der Waals surface area contributed by atoms with E-state index in [4.69, 9.17) is 10.2 Å². The summed E-state index contributed by atoms with van der Waals surface area (Å²) in [5, 5.41) is 15.7. The van der Waals surface area contributed by atoms with Gasteiger partial charge in [-0.3, -0.25) is 0 Å². The maximum atomic E-state index is 10.7. The zero-order chi connectivity index (χ0) is 18.5. The molecule has 139 valence electrons. The van der Waals surface area contributed by atoms with E-state index in [1.807, 2.05) is 48.5 Å². The van der Waals surface area contributed by atoms with Crippen LogP contribution in [-0.2, 0) is 17.1 Å². The maximum absolute atomic E-state index is 10.7. The first-order valence-electron chi connectivity index (χ1n) is 7.78. The second-order valence-electron chi connectivity index (χ2n) is 5.44. The van der Waals surface area contributed by atoms with Crippen LogP contribution in [0.1, 0.15) is 21.0 Å². The summed E-state index contributed by atoms with van der Waals surface area (Å²) >= 11 is 0. The largest absolute Gasteiger partial charge is 0.567 e. The fraction of sp³-hybridized carbons (Fsp3) is 0. The van der Waals surface area contributed by atoms with Gasteiger partial charge >= 0.3 is 11.9 Å². The number of fused-ring (bicyclic) bond motifs is 2. The average molecular weight is 412 g/mol. The first-order valence-corrected chi connectivity index (χ1v) is 7.78. The van der Waals surface area contributed by atoms with Crippen molar-refractivity contribution in [1.82, 2.24) is 9.97 Å². The summed E-state index contributed by atoms with van der Waals surface area (Å²) < 4.78 is 0. The molecule has 0 saturated carbocycles. The predicted octanol–water partition coefficient (Wildman–Crippen LogP) is 2.20. The van der Waals surface area contributed by atoms with Gasteiger partial charge in [-0.2, -0.15) is 0 Å². The van der Waals surface area contributed by atoms with Crippen LogP contribution in [0.2, 0.25) is 0 Å². The van der Waals surface area contributed by atoms with Crippen molar-refractivity contribution >= 4 is 33.7 Å². The van der Waals surface area contributed by atoms with E-state index in [2.05, 4.69) is 9.97 Å². The van der Waals surface area contributed by atoms with Crippen molar-refractivity contribution in [2.45, 2.75) is 0 Å². The molecule has 0 saturated heterocycles. The van der Waals surface area contributed by atoms with Crippen LogP contribution in [0.3, 0.4) is 0 Å². The molecule has 2 heterocycles. The Balaban J connectivity index is 0.000000187. The molecule has 4 N–H and O–H groups in total. The van der Waals surface area contributed by atoms with E-state index in [-0.39, 0.29) is 28.5 Å². The molecule has 0 spiro atoms. The van der Waals surface area contributed by atoms with Crippen LogP contribution in [0.4, 0.5) is 0 Å². The number of aromatic nitrogens is 2. The number of rotatable bonds is 2. The Morgan fingerprint density at radius 1 is 0.593 bits per heavy atom. The molecule has 4 rings (SSSR count). The van der Waals surface area contributed by atoms with E-state index < -0.39 is 11.9 Å². The maximum Gasteiger partial charge on any atom is 0.567 e. The van der Waals surface area contributed by atoms with E-state index in [1.165, 1.54) is 0 Å². The van der Waals surface area contributed by atoms with E-state index >= 15 is 0 Å². The topological polar surface area (TPSA) is 106 Å². The molecule has 0 aliphatic carbocycles. The number of para-hydroxylation sites is 2. The van der Waals surface area contributed by atoms with Crippen LogP contribution < -0.4 is 0 Å². The minimum Gasteiger partial charge on any atom is -0.560 e. The molecule has 4 aromatic rings. The van der Waals surface area contributed by atoms with Crippen LogP contribution in [0, 0.1) is 0 Å². The summed E-state index contributed by atoms with van der Waals surface area (Å²) in [4.78, 5) is 29.5. The summed E-state index contributed by atoms with van der Waals surface area (Å²) in [6.07, 6.45) is 0. The normalized spacial score (nSPS) is 9.78. The van der Waals surface area contributed by atoms with Crippen molar-refractivity contribution in [3.63, 3.8) is 0 Å². The van der Waals surface area contributed by atoms with Crippen molar-refractivity contribution in [3.05, 3.63) is 84.2 Å². The Labute approximate surface area is 165 Å². The quantitative estimate of drug-likeness (QED) is 0.372. The number of carbonyl (C=O) groups is 2. The molecule has 0 fully saturated rings. The van der Waals surface area contributed by atoms with Crippen LogP contribution >= 0.6 is 0 Å². The van der Waals surface area contributed by atoms with Gasteiger partial charge in [0.05, 0.1) is 11.0 Å². The van der Waals surface area contributed by atoms with E-state index in [9.17, 15) is 9.59 Å². The van der Waals surface area contributed by atoms with Crippen LogP contribution in [0.25, 0.3) is 21.8 Å².